The van der Waals surface area contributed by atoms with Crippen LogP contribution >= 0.6 is 15.9 Å². The SMILES string of the molecule is C[C@@H]1CN(C(=O)OC(C)(C)C)CCN1C(=O)c1cnn(C)c1Br. The maximum atomic E-state index is 12.7. The Hall–Kier alpha value is -1.57. The molecule has 8 heteroatoms. The van der Waals surface area contributed by atoms with Crippen LogP contribution in [0.25, 0.3) is 0 Å². The maximum Gasteiger partial charge on any atom is 0.410 e. The Morgan fingerprint density at radius 3 is 2.48 bits per heavy atom. The van der Waals surface area contributed by atoms with E-state index in [9.17, 15) is 9.59 Å². The fourth-order valence-corrected chi connectivity index (χ4v) is 2.84. The van der Waals surface area contributed by atoms with E-state index in [0.717, 1.165) is 0 Å². The zero-order valence-electron chi connectivity index (χ0n) is 14.2. The van der Waals surface area contributed by atoms with E-state index in [1.807, 2.05) is 27.7 Å². The van der Waals surface area contributed by atoms with Gasteiger partial charge in [0.1, 0.15) is 10.2 Å². The van der Waals surface area contributed by atoms with E-state index in [0.29, 0.717) is 29.8 Å². The smallest absolute Gasteiger partial charge is 0.410 e. The van der Waals surface area contributed by atoms with Gasteiger partial charge in [-0.3, -0.25) is 9.48 Å². The van der Waals surface area contributed by atoms with Crippen molar-refractivity contribution in [3.63, 3.8) is 0 Å². The molecule has 1 fully saturated rings. The molecule has 0 bridgehead atoms. The van der Waals surface area contributed by atoms with Crippen LogP contribution in [0.3, 0.4) is 0 Å². The predicted molar refractivity (Wildman–Crippen MR) is 89.2 cm³/mol. The molecule has 0 radical (unpaired) electrons. The predicted octanol–water partition coefficient (Wildman–Crippen LogP) is 2.26. The first-order chi connectivity index (χ1) is 10.6. The van der Waals surface area contributed by atoms with Crippen molar-refractivity contribution in [1.29, 1.82) is 0 Å². The molecule has 2 heterocycles. The van der Waals surface area contributed by atoms with Crippen molar-refractivity contribution in [2.75, 3.05) is 19.6 Å². The topological polar surface area (TPSA) is 67.7 Å². The highest BCUT2D eigenvalue weighted by Gasteiger charge is 2.33. The Bertz CT molecular complexity index is 608. The number of rotatable bonds is 1. The molecule has 2 amide bonds. The van der Waals surface area contributed by atoms with Crippen LogP contribution in [0, 0.1) is 0 Å². The lowest BCUT2D eigenvalue weighted by atomic mass is 10.1. The van der Waals surface area contributed by atoms with Crippen molar-refractivity contribution in [1.82, 2.24) is 19.6 Å². The van der Waals surface area contributed by atoms with Gasteiger partial charge in [0.15, 0.2) is 0 Å². The first-order valence-corrected chi connectivity index (χ1v) is 8.36. The molecule has 0 N–H and O–H groups in total. The van der Waals surface area contributed by atoms with E-state index in [-0.39, 0.29) is 18.0 Å². The number of nitrogens with zero attached hydrogens (tertiary/aromatic N) is 4. The van der Waals surface area contributed by atoms with Crippen molar-refractivity contribution in [3.8, 4) is 0 Å². The van der Waals surface area contributed by atoms with Crippen molar-refractivity contribution >= 4 is 27.9 Å². The fraction of sp³-hybridized carbons (Fsp3) is 0.667. The molecule has 2 rings (SSSR count). The van der Waals surface area contributed by atoms with E-state index in [1.54, 1.807) is 27.7 Å². The van der Waals surface area contributed by atoms with Crippen molar-refractivity contribution in [2.45, 2.75) is 39.3 Å². The third-order valence-electron chi connectivity index (χ3n) is 3.64. The second-order valence-electron chi connectivity index (χ2n) is 6.75. The molecular weight excluding hydrogens is 364 g/mol. The molecule has 0 spiro atoms. The molecule has 1 atom stereocenters. The molecule has 128 valence electrons. The van der Waals surface area contributed by atoms with E-state index < -0.39 is 5.60 Å². The number of piperazine rings is 1. The molecule has 7 nitrogen and oxygen atoms in total. The van der Waals surface area contributed by atoms with Gasteiger partial charge in [-0.25, -0.2) is 4.79 Å². The van der Waals surface area contributed by atoms with Crippen LogP contribution in [-0.2, 0) is 11.8 Å². The Labute approximate surface area is 144 Å². The van der Waals surface area contributed by atoms with Gasteiger partial charge >= 0.3 is 6.09 Å². The summed E-state index contributed by atoms with van der Waals surface area (Å²) in [6.45, 7) is 8.84. The monoisotopic (exact) mass is 386 g/mol. The molecule has 1 aromatic rings. The molecule has 0 saturated carbocycles. The summed E-state index contributed by atoms with van der Waals surface area (Å²) >= 11 is 3.37. The Balaban J connectivity index is 2.03. The summed E-state index contributed by atoms with van der Waals surface area (Å²) in [4.78, 5) is 28.2. The molecule has 0 unspecified atom stereocenters. The Morgan fingerprint density at radius 2 is 2.00 bits per heavy atom. The summed E-state index contributed by atoms with van der Waals surface area (Å²) in [6, 6.07) is -0.0872. The Kier molecular flexibility index (Phi) is 5.03. The van der Waals surface area contributed by atoms with Gasteiger partial charge in [-0.1, -0.05) is 0 Å². The minimum absolute atomic E-state index is 0.0821. The summed E-state index contributed by atoms with van der Waals surface area (Å²) in [5.41, 5.74) is 0.0125. The van der Waals surface area contributed by atoms with Gasteiger partial charge in [0, 0.05) is 32.7 Å². The highest BCUT2D eigenvalue weighted by atomic mass is 79.9. The van der Waals surface area contributed by atoms with Crippen LogP contribution in [0.1, 0.15) is 38.1 Å². The van der Waals surface area contributed by atoms with E-state index in [2.05, 4.69) is 21.0 Å². The number of hydrogen-bond acceptors (Lipinski definition) is 4. The van der Waals surface area contributed by atoms with E-state index in [1.165, 1.54) is 0 Å². The lowest BCUT2D eigenvalue weighted by Crippen LogP contribution is -2.56. The first-order valence-electron chi connectivity index (χ1n) is 7.56. The molecule has 1 aliphatic heterocycles. The van der Waals surface area contributed by atoms with Crippen LogP contribution in [0.15, 0.2) is 10.8 Å². The molecule has 1 aromatic heterocycles. The van der Waals surface area contributed by atoms with Crippen molar-refractivity contribution in [3.05, 3.63) is 16.4 Å². The van der Waals surface area contributed by atoms with Crippen molar-refractivity contribution in [2.24, 2.45) is 7.05 Å². The number of amides is 2. The lowest BCUT2D eigenvalue weighted by molar-refractivity contribution is 0.00615. The van der Waals surface area contributed by atoms with E-state index in [4.69, 9.17) is 4.74 Å². The standard InChI is InChI=1S/C15H23BrN4O3/c1-10-9-19(14(22)23-15(2,3)4)6-7-20(10)13(21)11-8-17-18(5)12(11)16/h8,10H,6-7,9H2,1-5H3/t10-/m1/s1. The van der Waals surface area contributed by atoms with Gasteiger partial charge < -0.3 is 14.5 Å². The van der Waals surface area contributed by atoms with Crippen LogP contribution in [0.5, 0.6) is 0 Å². The molecule has 1 saturated heterocycles. The van der Waals surface area contributed by atoms with Crippen molar-refractivity contribution < 1.29 is 14.3 Å². The number of aryl methyl sites for hydroxylation is 1. The minimum Gasteiger partial charge on any atom is -0.444 e. The van der Waals surface area contributed by atoms with Gasteiger partial charge in [-0.15, -0.1) is 0 Å². The summed E-state index contributed by atoms with van der Waals surface area (Å²) in [7, 11) is 1.77. The number of carbonyl (C=O) groups is 2. The van der Waals surface area contributed by atoms with Crippen LogP contribution in [0.4, 0.5) is 4.79 Å². The maximum absolute atomic E-state index is 12.7. The van der Waals surface area contributed by atoms with Gasteiger partial charge in [-0.05, 0) is 43.6 Å². The minimum atomic E-state index is -0.520. The summed E-state index contributed by atoms with van der Waals surface area (Å²) in [5, 5.41) is 4.08. The summed E-state index contributed by atoms with van der Waals surface area (Å²) in [6.07, 6.45) is 1.22. The Morgan fingerprint density at radius 1 is 1.35 bits per heavy atom. The largest absolute Gasteiger partial charge is 0.444 e. The summed E-state index contributed by atoms with van der Waals surface area (Å²) in [5.74, 6) is -0.0821. The van der Waals surface area contributed by atoms with Gasteiger partial charge in [-0.2, -0.15) is 5.10 Å². The third kappa shape index (κ3) is 4.04. The first kappa shape index (κ1) is 17.8. The molecule has 1 aliphatic rings. The lowest BCUT2D eigenvalue weighted by Gasteiger charge is -2.40. The fourth-order valence-electron chi connectivity index (χ4n) is 2.47. The van der Waals surface area contributed by atoms with Gasteiger partial charge in [0.25, 0.3) is 5.91 Å². The zero-order chi connectivity index (χ0) is 17.4. The average molecular weight is 387 g/mol. The number of halogens is 1. The number of ether oxygens (including phenoxy) is 1. The van der Waals surface area contributed by atoms with Gasteiger partial charge in [0.05, 0.1) is 11.8 Å². The number of carbonyl (C=O) groups excluding carboxylic acids is 2. The zero-order valence-corrected chi connectivity index (χ0v) is 15.8. The summed E-state index contributed by atoms with van der Waals surface area (Å²) < 4.78 is 7.65. The van der Waals surface area contributed by atoms with Gasteiger partial charge in [0.2, 0.25) is 0 Å². The second kappa shape index (κ2) is 6.51. The van der Waals surface area contributed by atoms with Crippen LogP contribution in [0.2, 0.25) is 0 Å². The molecule has 0 aromatic carbocycles. The molecule has 23 heavy (non-hydrogen) atoms. The third-order valence-corrected chi connectivity index (χ3v) is 4.58. The second-order valence-corrected chi connectivity index (χ2v) is 7.50. The van der Waals surface area contributed by atoms with Crippen LogP contribution in [-0.4, -0.2) is 62.9 Å². The van der Waals surface area contributed by atoms with Crippen LogP contribution < -0.4 is 0 Å². The molecule has 0 aliphatic carbocycles. The van der Waals surface area contributed by atoms with E-state index >= 15 is 0 Å². The highest BCUT2D eigenvalue weighted by Crippen LogP contribution is 2.21. The average Bonchev–Trinajstić information content (AvgIpc) is 2.76. The normalized spacial score (nSPS) is 19.0. The number of aromatic nitrogens is 2. The highest BCUT2D eigenvalue weighted by molar-refractivity contribution is 9.10. The quantitative estimate of drug-likeness (QED) is 0.742. The number of hydrogen-bond donors (Lipinski definition) is 0. The molecular formula is C15H23BrN4O3.